The largest absolute Gasteiger partial charge is 0.507 e. The maximum Gasteiger partial charge on any atom is 0.203 e. The van der Waals surface area contributed by atoms with E-state index in [9.17, 15) is 5.11 Å². The predicted octanol–water partition coefficient (Wildman–Crippen LogP) is 7.18. The highest BCUT2D eigenvalue weighted by atomic mass is 16.7. The zero-order valence-corrected chi connectivity index (χ0v) is 20.8. The van der Waals surface area contributed by atoms with Crippen LogP contribution in [0.3, 0.4) is 0 Å². The first-order valence-corrected chi connectivity index (χ1v) is 12.4. The molecule has 1 atom stereocenters. The Labute approximate surface area is 201 Å². The Morgan fingerprint density at radius 1 is 0.882 bits per heavy atom. The highest BCUT2D eigenvalue weighted by molar-refractivity contribution is 6.06. The third kappa shape index (κ3) is 3.15. The average Bonchev–Trinajstić information content (AvgIpc) is 2.88. The second-order valence-electron chi connectivity index (χ2n) is 12.1. The topological polar surface area (TPSA) is 47.9 Å². The number of fused-ring (bicyclic) bond motifs is 8. The number of phenols is 1. The summed E-state index contributed by atoms with van der Waals surface area (Å²) in [6.45, 7) is 10.1. The summed E-state index contributed by atoms with van der Waals surface area (Å²) in [5.41, 5.74) is 5.43. The van der Waals surface area contributed by atoms with Gasteiger partial charge in [-0.2, -0.15) is 0 Å². The van der Waals surface area contributed by atoms with E-state index < -0.39 is 0 Å². The van der Waals surface area contributed by atoms with Crippen molar-refractivity contribution in [1.29, 1.82) is 0 Å². The first kappa shape index (κ1) is 21.8. The molecular formula is C30H34O4. The highest BCUT2D eigenvalue weighted by Gasteiger charge is 2.53. The molecule has 3 aromatic carbocycles. The average molecular weight is 459 g/mol. The molecule has 2 aliphatic carbocycles. The molecule has 3 aliphatic rings. The van der Waals surface area contributed by atoms with Crippen molar-refractivity contribution in [3.8, 4) is 28.4 Å². The molecule has 1 aliphatic heterocycles. The SMILES string of the molecule is COC1CCOc2cc3c4c(cc(O)c3cc2O1)C1(CC(C)(C)CC(C)(C)C1)c1ccccc1-4. The molecule has 1 saturated carbocycles. The van der Waals surface area contributed by atoms with Gasteiger partial charge in [0.05, 0.1) is 6.61 Å². The lowest BCUT2D eigenvalue weighted by molar-refractivity contribution is -0.0564. The number of aromatic hydroxyl groups is 1. The van der Waals surface area contributed by atoms with E-state index in [-0.39, 0.29) is 22.5 Å². The van der Waals surface area contributed by atoms with E-state index in [1.165, 1.54) is 28.7 Å². The Bertz CT molecular complexity index is 1290. The summed E-state index contributed by atoms with van der Waals surface area (Å²) in [6, 6.07) is 14.9. The number of ether oxygens (including phenoxy) is 3. The van der Waals surface area contributed by atoms with Crippen molar-refractivity contribution in [2.24, 2.45) is 10.8 Å². The molecule has 1 N–H and O–H groups in total. The number of hydrogen-bond donors (Lipinski definition) is 1. The Hall–Kier alpha value is -2.72. The van der Waals surface area contributed by atoms with Crippen molar-refractivity contribution in [2.75, 3.05) is 13.7 Å². The molecule has 3 aromatic rings. The Morgan fingerprint density at radius 3 is 2.32 bits per heavy atom. The van der Waals surface area contributed by atoms with Crippen LogP contribution in [0.5, 0.6) is 17.2 Å². The third-order valence-corrected chi connectivity index (χ3v) is 8.06. The second kappa shape index (κ2) is 7.14. The van der Waals surface area contributed by atoms with Gasteiger partial charge in [0.1, 0.15) is 5.75 Å². The number of phenolic OH excluding ortho intramolecular Hbond substituents is 1. The molecule has 4 heteroatoms. The Morgan fingerprint density at radius 2 is 1.59 bits per heavy atom. The number of methoxy groups -OCH3 is 1. The standard InChI is InChI=1S/C30H34O4/c1-28(2)15-29(3,4)17-30(16-28)21-9-7-6-8-18(21)27-20-13-24-25(34-26(32-5)10-11-33-24)12-19(20)23(31)14-22(27)30/h6-9,12-14,26,31H,10-11,15-17H2,1-5H3. The molecule has 4 nitrogen and oxygen atoms in total. The third-order valence-electron chi connectivity index (χ3n) is 8.06. The van der Waals surface area contributed by atoms with Crippen molar-refractivity contribution in [1.82, 2.24) is 0 Å². The van der Waals surface area contributed by atoms with Gasteiger partial charge in [-0.05, 0) is 75.9 Å². The fourth-order valence-electron chi connectivity index (χ4n) is 7.68. The summed E-state index contributed by atoms with van der Waals surface area (Å²) in [6.07, 6.45) is 3.63. The van der Waals surface area contributed by atoms with E-state index in [0.717, 1.165) is 23.6 Å². The lowest BCUT2D eigenvalue weighted by Crippen LogP contribution is -2.43. The van der Waals surface area contributed by atoms with E-state index >= 15 is 0 Å². The molecule has 1 fully saturated rings. The van der Waals surface area contributed by atoms with Crippen molar-refractivity contribution >= 4 is 10.8 Å². The van der Waals surface area contributed by atoms with Crippen LogP contribution >= 0.6 is 0 Å². The van der Waals surface area contributed by atoms with Gasteiger partial charge in [0.25, 0.3) is 0 Å². The van der Waals surface area contributed by atoms with Gasteiger partial charge in [-0.3, -0.25) is 0 Å². The molecule has 0 radical (unpaired) electrons. The minimum Gasteiger partial charge on any atom is -0.507 e. The molecule has 0 bridgehead atoms. The molecule has 1 spiro atoms. The first-order valence-electron chi connectivity index (χ1n) is 12.4. The minimum absolute atomic E-state index is 0.117. The van der Waals surface area contributed by atoms with Crippen molar-refractivity contribution in [2.45, 2.75) is 65.1 Å². The molecule has 1 unspecified atom stereocenters. The lowest BCUT2D eigenvalue weighted by Gasteiger charge is -2.51. The number of benzene rings is 3. The van der Waals surface area contributed by atoms with Crippen LogP contribution < -0.4 is 9.47 Å². The molecule has 34 heavy (non-hydrogen) atoms. The van der Waals surface area contributed by atoms with Gasteiger partial charge in [0, 0.05) is 24.3 Å². The van der Waals surface area contributed by atoms with Crippen LogP contribution in [0, 0.1) is 10.8 Å². The molecule has 0 aromatic heterocycles. The Kier molecular flexibility index (Phi) is 4.58. The van der Waals surface area contributed by atoms with Gasteiger partial charge in [0.15, 0.2) is 11.5 Å². The molecule has 1 heterocycles. The van der Waals surface area contributed by atoms with Crippen LogP contribution in [0.2, 0.25) is 0 Å². The van der Waals surface area contributed by atoms with Crippen LogP contribution in [0.4, 0.5) is 0 Å². The zero-order valence-electron chi connectivity index (χ0n) is 20.8. The monoisotopic (exact) mass is 458 g/mol. The van der Waals surface area contributed by atoms with E-state index in [2.05, 4.69) is 58.0 Å². The Balaban J connectivity index is 1.65. The maximum atomic E-state index is 11.4. The predicted molar refractivity (Wildman–Crippen MR) is 135 cm³/mol. The molecule has 0 saturated heterocycles. The minimum atomic E-state index is -0.356. The van der Waals surface area contributed by atoms with E-state index in [1.54, 1.807) is 7.11 Å². The van der Waals surface area contributed by atoms with Crippen LogP contribution in [-0.4, -0.2) is 25.1 Å². The molecule has 0 amide bonds. The summed E-state index contributed by atoms with van der Waals surface area (Å²) < 4.78 is 17.6. The fraction of sp³-hybridized carbons (Fsp3) is 0.467. The zero-order chi connectivity index (χ0) is 23.9. The van der Waals surface area contributed by atoms with Crippen LogP contribution in [0.15, 0.2) is 42.5 Å². The maximum absolute atomic E-state index is 11.4. The van der Waals surface area contributed by atoms with E-state index in [4.69, 9.17) is 14.2 Å². The molecule has 6 rings (SSSR count). The van der Waals surface area contributed by atoms with Crippen LogP contribution in [-0.2, 0) is 10.2 Å². The number of hydrogen-bond acceptors (Lipinski definition) is 4. The van der Waals surface area contributed by atoms with Gasteiger partial charge in [-0.1, -0.05) is 52.0 Å². The fourth-order valence-corrected chi connectivity index (χ4v) is 7.68. The van der Waals surface area contributed by atoms with Gasteiger partial charge in [-0.25, -0.2) is 0 Å². The summed E-state index contributed by atoms with van der Waals surface area (Å²) in [5, 5.41) is 13.2. The smallest absolute Gasteiger partial charge is 0.203 e. The first-order chi connectivity index (χ1) is 16.1. The quantitative estimate of drug-likeness (QED) is 0.419. The van der Waals surface area contributed by atoms with Crippen LogP contribution in [0.25, 0.3) is 21.9 Å². The lowest BCUT2D eigenvalue weighted by atomic mass is 9.52. The summed E-state index contributed by atoms with van der Waals surface area (Å²) >= 11 is 0. The van der Waals surface area contributed by atoms with Crippen molar-refractivity contribution < 1.29 is 19.3 Å². The summed E-state index contributed by atoms with van der Waals surface area (Å²) in [7, 11) is 1.64. The summed E-state index contributed by atoms with van der Waals surface area (Å²) in [4.78, 5) is 0. The molecule has 178 valence electrons. The van der Waals surface area contributed by atoms with Gasteiger partial charge >= 0.3 is 0 Å². The highest BCUT2D eigenvalue weighted by Crippen LogP contribution is 2.65. The summed E-state index contributed by atoms with van der Waals surface area (Å²) in [5.74, 6) is 1.63. The van der Waals surface area contributed by atoms with E-state index in [1.807, 2.05) is 12.1 Å². The van der Waals surface area contributed by atoms with E-state index in [0.29, 0.717) is 30.3 Å². The molecular weight excluding hydrogens is 424 g/mol. The van der Waals surface area contributed by atoms with Crippen molar-refractivity contribution in [3.05, 3.63) is 53.6 Å². The second-order valence-corrected chi connectivity index (χ2v) is 12.1. The van der Waals surface area contributed by atoms with Gasteiger partial charge < -0.3 is 19.3 Å². The van der Waals surface area contributed by atoms with Gasteiger partial charge in [0.2, 0.25) is 6.29 Å². The normalized spacial score (nSPS) is 23.4. The van der Waals surface area contributed by atoms with Crippen LogP contribution in [0.1, 0.15) is 64.5 Å². The van der Waals surface area contributed by atoms with Gasteiger partial charge in [-0.15, -0.1) is 0 Å². The van der Waals surface area contributed by atoms with Crippen molar-refractivity contribution in [3.63, 3.8) is 0 Å². The number of rotatable bonds is 1.